The number of rotatable bonds is 2. The molecule has 0 fully saturated rings. The first-order valence-corrected chi connectivity index (χ1v) is 5.94. The lowest BCUT2D eigenvalue weighted by atomic mass is 9.99. The molecule has 0 aliphatic rings. The second kappa shape index (κ2) is 4.15. The summed E-state index contributed by atoms with van der Waals surface area (Å²) < 4.78 is 0. The second-order valence-electron chi connectivity index (χ2n) is 4.39. The summed E-state index contributed by atoms with van der Waals surface area (Å²) in [6.45, 7) is 1.96. The van der Waals surface area contributed by atoms with Gasteiger partial charge in [-0.3, -0.25) is 4.79 Å². The predicted octanol–water partition coefficient (Wildman–Crippen LogP) is 3.71. The van der Waals surface area contributed by atoms with E-state index in [9.17, 15) is 4.79 Å². The second-order valence-corrected chi connectivity index (χ2v) is 4.39. The Morgan fingerprint density at radius 1 is 0.944 bits per heavy atom. The molecule has 2 nitrogen and oxygen atoms in total. The standard InChI is InChI=1S/C16H13NO/c1-11-6-2-3-7-12(11)16(18)14-10-17-15-9-5-4-8-13(14)15/h2-10,17H,1H3. The lowest BCUT2D eigenvalue weighted by molar-refractivity contribution is 0.104. The number of carbonyl (C=O) groups is 1. The quantitative estimate of drug-likeness (QED) is 0.675. The number of ketones is 1. The zero-order valence-electron chi connectivity index (χ0n) is 10.1. The van der Waals surface area contributed by atoms with Gasteiger partial charge in [-0.2, -0.15) is 0 Å². The summed E-state index contributed by atoms with van der Waals surface area (Å²) in [5, 5.41) is 0.978. The third kappa shape index (κ3) is 1.63. The number of aryl methyl sites for hydroxylation is 1. The van der Waals surface area contributed by atoms with E-state index in [1.165, 1.54) is 0 Å². The molecule has 2 aromatic carbocycles. The van der Waals surface area contributed by atoms with Gasteiger partial charge in [-0.05, 0) is 18.6 Å². The molecular weight excluding hydrogens is 222 g/mol. The highest BCUT2D eigenvalue weighted by Crippen LogP contribution is 2.22. The molecule has 0 bridgehead atoms. The van der Waals surface area contributed by atoms with Gasteiger partial charge in [0.2, 0.25) is 0 Å². The molecule has 0 unspecified atom stereocenters. The van der Waals surface area contributed by atoms with E-state index in [0.717, 1.165) is 27.6 Å². The smallest absolute Gasteiger partial charge is 0.195 e. The third-order valence-corrected chi connectivity index (χ3v) is 3.22. The molecule has 2 heteroatoms. The Morgan fingerprint density at radius 2 is 1.67 bits per heavy atom. The minimum Gasteiger partial charge on any atom is -0.360 e. The molecule has 0 saturated carbocycles. The van der Waals surface area contributed by atoms with Crippen molar-refractivity contribution in [3.8, 4) is 0 Å². The average molecular weight is 235 g/mol. The Labute approximate surface area is 105 Å². The van der Waals surface area contributed by atoms with Crippen LogP contribution in [0.25, 0.3) is 10.9 Å². The van der Waals surface area contributed by atoms with Gasteiger partial charge in [0.05, 0.1) is 0 Å². The van der Waals surface area contributed by atoms with Gasteiger partial charge in [0.1, 0.15) is 0 Å². The van der Waals surface area contributed by atoms with Crippen molar-refractivity contribution in [1.29, 1.82) is 0 Å². The number of aromatic amines is 1. The van der Waals surface area contributed by atoms with Crippen LogP contribution < -0.4 is 0 Å². The first-order chi connectivity index (χ1) is 8.77. The van der Waals surface area contributed by atoms with E-state index in [0.29, 0.717) is 0 Å². The van der Waals surface area contributed by atoms with Crippen LogP contribution in [0.2, 0.25) is 0 Å². The molecule has 3 aromatic rings. The Kier molecular flexibility index (Phi) is 2.49. The largest absolute Gasteiger partial charge is 0.360 e. The van der Waals surface area contributed by atoms with Crippen molar-refractivity contribution in [1.82, 2.24) is 4.98 Å². The van der Waals surface area contributed by atoms with E-state index in [1.807, 2.05) is 55.5 Å². The molecule has 88 valence electrons. The zero-order valence-corrected chi connectivity index (χ0v) is 10.1. The number of hydrogen-bond acceptors (Lipinski definition) is 1. The van der Waals surface area contributed by atoms with Crippen molar-refractivity contribution < 1.29 is 4.79 Å². The highest BCUT2D eigenvalue weighted by atomic mass is 16.1. The van der Waals surface area contributed by atoms with Crippen molar-refractivity contribution in [2.75, 3.05) is 0 Å². The summed E-state index contributed by atoms with van der Waals surface area (Å²) in [6, 6.07) is 15.5. The Balaban J connectivity index is 2.16. The molecule has 0 aliphatic heterocycles. The van der Waals surface area contributed by atoms with Gasteiger partial charge >= 0.3 is 0 Å². The first kappa shape index (κ1) is 10.8. The molecule has 0 amide bonds. The molecular formula is C16H13NO. The molecule has 1 aromatic heterocycles. The van der Waals surface area contributed by atoms with Crippen molar-refractivity contribution in [2.45, 2.75) is 6.92 Å². The van der Waals surface area contributed by atoms with Crippen LogP contribution in [0.15, 0.2) is 54.7 Å². The van der Waals surface area contributed by atoms with E-state index in [1.54, 1.807) is 6.20 Å². The van der Waals surface area contributed by atoms with Crippen LogP contribution in [-0.2, 0) is 0 Å². The van der Waals surface area contributed by atoms with Gasteiger partial charge in [-0.1, -0.05) is 42.5 Å². The van der Waals surface area contributed by atoms with Crippen molar-refractivity contribution in [3.63, 3.8) is 0 Å². The number of fused-ring (bicyclic) bond motifs is 1. The molecule has 0 atom stereocenters. The van der Waals surface area contributed by atoms with E-state index >= 15 is 0 Å². The van der Waals surface area contributed by atoms with E-state index in [-0.39, 0.29) is 5.78 Å². The molecule has 3 rings (SSSR count). The lowest BCUT2D eigenvalue weighted by Crippen LogP contribution is -2.02. The van der Waals surface area contributed by atoms with Crippen LogP contribution in [0.3, 0.4) is 0 Å². The number of nitrogens with one attached hydrogen (secondary N) is 1. The molecule has 1 heterocycles. The fourth-order valence-corrected chi connectivity index (χ4v) is 2.23. The number of carbonyl (C=O) groups excluding carboxylic acids is 1. The fourth-order valence-electron chi connectivity index (χ4n) is 2.23. The van der Waals surface area contributed by atoms with E-state index < -0.39 is 0 Å². The summed E-state index contributed by atoms with van der Waals surface area (Å²) in [5.74, 6) is 0.0746. The van der Waals surface area contributed by atoms with Crippen LogP contribution in [-0.4, -0.2) is 10.8 Å². The van der Waals surface area contributed by atoms with Crippen LogP contribution in [0.5, 0.6) is 0 Å². The third-order valence-electron chi connectivity index (χ3n) is 3.22. The summed E-state index contributed by atoms with van der Waals surface area (Å²) >= 11 is 0. The SMILES string of the molecule is Cc1ccccc1C(=O)c1c[nH]c2ccccc12. The molecule has 1 N–H and O–H groups in total. The summed E-state index contributed by atoms with van der Waals surface area (Å²) in [4.78, 5) is 15.7. The van der Waals surface area contributed by atoms with Gasteiger partial charge in [0.25, 0.3) is 0 Å². The van der Waals surface area contributed by atoms with Crippen LogP contribution >= 0.6 is 0 Å². The van der Waals surface area contributed by atoms with Gasteiger partial charge in [-0.25, -0.2) is 0 Å². The summed E-state index contributed by atoms with van der Waals surface area (Å²) in [7, 11) is 0. The number of hydrogen-bond donors (Lipinski definition) is 1. The Bertz CT molecular complexity index is 725. The van der Waals surface area contributed by atoms with Gasteiger partial charge in [-0.15, -0.1) is 0 Å². The number of aromatic nitrogens is 1. The van der Waals surface area contributed by atoms with Crippen molar-refractivity contribution in [3.05, 3.63) is 71.4 Å². The van der Waals surface area contributed by atoms with E-state index in [4.69, 9.17) is 0 Å². The number of para-hydroxylation sites is 1. The zero-order chi connectivity index (χ0) is 12.5. The van der Waals surface area contributed by atoms with Crippen LogP contribution in [0.4, 0.5) is 0 Å². The maximum atomic E-state index is 12.5. The van der Waals surface area contributed by atoms with Gasteiger partial charge < -0.3 is 4.98 Å². The average Bonchev–Trinajstić information content (AvgIpc) is 2.82. The van der Waals surface area contributed by atoms with Crippen LogP contribution in [0.1, 0.15) is 21.5 Å². The monoisotopic (exact) mass is 235 g/mol. The van der Waals surface area contributed by atoms with Gasteiger partial charge in [0.15, 0.2) is 5.78 Å². The summed E-state index contributed by atoms with van der Waals surface area (Å²) in [6.07, 6.45) is 1.79. The van der Waals surface area contributed by atoms with Crippen LogP contribution in [0, 0.1) is 6.92 Å². The molecule has 0 aliphatic carbocycles. The highest BCUT2D eigenvalue weighted by Gasteiger charge is 2.15. The first-order valence-electron chi connectivity index (χ1n) is 5.94. The Hall–Kier alpha value is -2.35. The minimum absolute atomic E-state index is 0.0746. The predicted molar refractivity (Wildman–Crippen MR) is 72.9 cm³/mol. The maximum absolute atomic E-state index is 12.5. The molecule has 0 radical (unpaired) electrons. The maximum Gasteiger partial charge on any atom is 0.195 e. The molecule has 0 spiro atoms. The highest BCUT2D eigenvalue weighted by molar-refractivity contribution is 6.16. The summed E-state index contributed by atoms with van der Waals surface area (Å²) in [5.41, 5.74) is 3.50. The van der Waals surface area contributed by atoms with Gasteiger partial charge in [0, 0.05) is 28.2 Å². The van der Waals surface area contributed by atoms with Crippen molar-refractivity contribution >= 4 is 16.7 Å². The molecule has 0 saturated heterocycles. The normalized spacial score (nSPS) is 10.7. The number of H-pyrrole nitrogens is 1. The van der Waals surface area contributed by atoms with Crippen molar-refractivity contribution in [2.24, 2.45) is 0 Å². The fraction of sp³-hybridized carbons (Fsp3) is 0.0625. The Morgan fingerprint density at radius 3 is 2.50 bits per heavy atom. The van der Waals surface area contributed by atoms with E-state index in [2.05, 4.69) is 4.98 Å². The topological polar surface area (TPSA) is 32.9 Å². The minimum atomic E-state index is 0.0746. The number of benzene rings is 2. The lowest BCUT2D eigenvalue weighted by Gasteiger charge is -2.03. The molecule has 18 heavy (non-hydrogen) atoms.